The number of ether oxygens (including phenoxy) is 3. The third kappa shape index (κ3) is 5.19. The van der Waals surface area contributed by atoms with E-state index in [0.29, 0.717) is 18.7 Å². The van der Waals surface area contributed by atoms with Gasteiger partial charge in [0.15, 0.2) is 12.9 Å². The van der Waals surface area contributed by atoms with E-state index in [1.807, 2.05) is 31.2 Å². The van der Waals surface area contributed by atoms with Crippen LogP contribution in [0.2, 0.25) is 0 Å². The molecule has 20 heavy (non-hydrogen) atoms. The lowest BCUT2D eigenvalue weighted by Gasteiger charge is -2.23. The third-order valence-electron chi connectivity index (χ3n) is 2.96. The van der Waals surface area contributed by atoms with Gasteiger partial charge in [0.2, 0.25) is 0 Å². The Bertz CT molecular complexity index is 430. The van der Waals surface area contributed by atoms with Crippen LogP contribution in [0.1, 0.15) is 18.4 Å². The Balaban J connectivity index is 1.60. The van der Waals surface area contributed by atoms with Gasteiger partial charge in [0.05, 0.1) is 13.2 Å². The number of aryl methyl sites for hydroxylation is 1. The molecule has 0 unspecified atom stereocenters. The quantitative estimate of drug-likeness (QED) is 0.860. The molecule has 0 atom stereocenters. The van der Waals surface area contributed by atoms with Crippen LogP contribution < -0.4 is 10.1 Å². The van der Waals surface area contributed by atoms with E-state index >= 15 is 0 Å². The van der Waals surface area contributed by atoms with E-state index in [2.05, 4.69) is 5.32 Å². The Morgan fingerprint density at radius 3 is 2.95 bits per heavy atom. The molecule has 0 bridgehead atoms. The zero-order chi connectivity index (χ0) is 14.2. The van der Waals surface area contributed by atoms with Crippen molar-refractivity contribution in [1.82, 2.24) is 5.32 Å². The van der Waals surface area contributed by atoms with Crippen molar-refractivity contribution in [3.05, 3.63) is 29.8 Å². The van der Waals surface area contributed by atoms with E-state index in [1.165, 1.54) is 0 Å². The highest BCUT2D eigenvalue weighted by Gasteiger charge is 2.14. The first-order valence-corrected chi connectivity index (χ1v) is 6.93. The first-order chi connectivity index (χ1) is 9.74. The SMILES string of the molecule is Cc1cccc(OCC(=O)NCCC2OCCCO2)c1. The van der Waals surface area contributed by atoms with Crippen LogP contribution in [-0.2, 0) is 14.3 Å². The molecule has 0 spiro atoms. The van der Waals surface area contributed by atoms with Crippen molar-refractivity contribution < 1.29 is 19.0 Å². The largest absolute Gasteiger partial charge is 0.484 e. The fraction of sp³-hybridized carbons (Fsp3) is 0.533. The molecule has 1 N–H and O–H groups in total. The summed E-state index contributed by atoms with van der Waals surface area (Å²) < 4.78 is 16.2. The molecule has 5 nitrogen and oxygen atoms in total. The molecule has 0 aliphatic carbocycles. The van der Waals surface area contributed by atoms with Gasteiger partial charge in [-0.05, 0) is 31.0 Å². The summed E-state index contributed by atoms with van der Waals surface area (Å²) >= 11 is 0. The van der Waals surface area contributed by atoms with Crippen LogP contribution in [0.5, 0.6) is 5.75 Å². The summed E-state index contributed by atoms with van der Waals surface area (Å²) in [7, 11) is 0. The van der Waals surface area contributed by atoms with Crippen molar-refractivity contribution in [1.29, 1.82) is 0 Å². The zero-order valence-electron chi connectivity index (χ0n) is 11.8. The van der Waals surface area contributed by atoms with Crippen molar-refractivity contribution >= 4 is 5.91 Å². The number of hydrogen-bond donors (Lipinski definition) is 1. The fourth-order valence-electron chi connectivity index (χ4n) is 1.94. The van der Waals surface area contributed by atoms with Crippen LogP contribution in [0.4, 0.5) is 0 Å². The van der Waals surface area contributed by atoms with Crippen molar-refractivity contribution in [2.75, 3.05) is 26.4 Å². The number of carbonyl (C=O) groups is 1. The highest BCUT2D eigenvalue weighted by molar-refractivity contribution is 5.77. The summed E-state index contributed by atoms with van der Waals surface area (Å²) in [5.41, 5.74) is 1.11. The van der Waals surface area contributed by atoms with Crippen molar-refractivity contribution in [2.24, 2.45) is 0 Å². The van der Waals surface area contributed by atoms with Gasteiger partial charge in [0.25, 0.3) is 5.91 Å². The van der Waals surface area contributed by atoms with Crippen LogP contribution in [0.15, 0.2) is 24.3 Å². The Hall–Kier alpha value is -1.59. The van der Waals surface area contributed by atoms with E-state index in [1.54, 1.807) is 0 Å². The summed E-state index contributed by atoms with van der Waals surface area (Å²) in [5, 5.41) is 2.79. The lowest BCUT2D eigenvalue weighted by molar-refractivity contribution is -0.180. The van der Waals surface area contributed by atoms with Crippen molar-refractivity contribution in [3.63, 3.8) is 0 Å². The second kappa shape index (κ2) is 7.87. The predicted molar refractivity (Wildman–Crippen MR) is 74.6 cm³/mol. The van der Waals surface area contributed by atoms with Gasteiger partial charge in [-0.2, -0.15) is 0 Å². The van der Waals surface area contributed by atoms with E-state index < -0.39 is 0 Å². The minimum atomic E-state index is -0.193. The number of rotatable bonds is 6. The number of carbonyl (C=O) groups excluding carboxylic acids is 1. The number of hydrogen-bond acceptors (Lipinski definition) is 4. The van der Waals surface area contributed by atoms with Crippen LogP contribution in [-0.4, -0.2) is 38.6 Å². The molecule has 1 aromatic rings. The Labute approximate surface area is 119 Å². The molecule has 2 rings (SSSR count). The van der Waals surface area contributed by atoms with Gasteiger partial charge in [-0.1, -0.05) is 12.1 Å². The lowest BCUT2D eigenvalue weighted by atomic mass is 10.2. The first-order valence-electron chi connectivity index (χ1n) is 6.93. The molecular formula is C15H21NO4. The molecule has 1 aromatic carbocycles. The average Bonchev–Trinajstić information content (AvgIpc) is 2.46. The molecule has 1 heterocycles. The highest BCUT2D eigenvalue weighted by atomic mass is 16.7. The highest BCUT2D eigenvalue weighted by Crippen LogP contribution is 2.12. The monoisotopic (exact) mass is 279 g/mol. The second-order valence-electron chi connectivity index (χ2n) is 4.77. The maximum Gasteiger partial charge on any atom is 0.257 e. The summed E-state index contributed by atoms with van der Waals surface area (Å²) in [5.74, 6) is 0.571. The average molecular weight is 279 g/mol. The van der Waals surface area contributed by atoms with Gasteiger partial charge in [0.1, 0.15) is 5.75 Å². The number of amides is 1. The summed E-state index contributed by atoms with van der Waals surface area (Å²) in [6, 6.07) is 7.62. The predicted octanol–water partition coefficient (Wildman–Crippen LogP) is 1.64. The van der Waals surface area contributed by atoms with Gasteiger partial charge in [-0.3, -0.25) is 4.79 Å². The molecule has 1 saturated heterocycles. The zero-order valence-corrected chi connectivity index (χ0v) is 11.8. The smallest absolute Gasteiger partial charge is 0.257 e. The van der Waals surface area contributed by atoms with Gasteiger partial charge in [-0.15, -0.1) is 0 Å². The normalized spacial score (nSPS) is 15.8. The van der Waals surface area contributed by atoms with Gasteiger partial charge in [0, 0.05) is 13.0 Å². The molecule has 0 aromatic heterocycles. The standard InChI is InChI=1S/C15H21NO4/c1-12-4-2-5-13(10-12)20-11-14(17)16-7-6-15-18-8-3-9-19-15/h2,4-5,10,15H,3,6-9,11H2,1H3,(H,16,17). The first kappa shape index (κ1) is 14.8. The molecule has 5 heteroatoms. The maximum atomic E-state index is 11.6. The fourth-order valence-corrected chi connectivity index (χ4v) is 1.94. The molecule has 1 amide bonds. The van der Waals surface area contributed by atoms with Gasteiger partial charge in [-0.25, -0.2) is 0 Å². The maximum absolute atomic E-state index is 11.6. The molecule has 1 fully saturated rings. The summed E-state index contributed by atoms with van der Waals surface area (Å²) in [4.78, 5) is 11.6. The van der Waals surface area contributed by atoms with Crippen LogP contribution in [0, 0.1) is 6.92 Å². The number of benzene rings is 1. The van der Waals surface area contributed by atoms with Crippen LogP contribution >= 0.6 is 0 Å². The minimum Gasteiger partial charge on any atom is -0.484 e. The lowest BCUT2D eigenvalue weighted by Crippen LogP contribution is -2.34. The second-order valence-corrected chi connectivity index (χ2v) is 4.77. The van der Waals surface area contributed by atoms with Crippen molar-refractivity contribution in [2.45, 2.75) is 26.1 Å². The Morgan fingerprint density at radius 2 is 2.20 bits per heavy atom. The van der Waals surface area contributed by atoms with E-state index in [-0.39, 0.29) is 18.8 Å². The topological polar surface area (TPSA) is 56.8 Å². The molecular weight excluding hydrogens is 258 g/mol. The Morgan fingerprint density at radius 1 is 1.40 bits per heavy atom. The molecule has 1 aliphatic rings. The van der Waals surface area contributed by atoms with Crippen LogP contribution in [0.25, 0.3) is 0 Å². The Kier molecular flexibility index (Phi) is 5.83. The van der Waals surface area contributed by atoms with Crippen molar-refractivity contribution in [3.8, 4) is 5.75 Å². The van der Waals surface area contributed by atoms with E-state index in [9.17, 15) is 4.79 Å². The minimum absolute atomic E-state index is 0.0236. The van der Waals surface area contributed by atoms with Crippen LogP contribution in [0.3, 0.4) is 0 Å². The van der Waals surface area contributed by atoms with E-state index in [0.717, 1.165) is 25.2 Å². The summed E-state index contributed by atoms with van der Waals surface area (Å²) in [6.45, 7) is 4.00. The third-order valence-corrected chi connectivity index (χ3v) is 2.96. The van der Waals surface area contributed by atoms with Gasteiger partial charge >= 0.3 is 0 Å². The number of nitrogens with one attached hydrogen (secondary N) is 1. The molecule has 0 radical (unpaired) electrons. The molecule has 1 aliphatic heterocycles. The van der Waals surface area contributed by atoms with E-state index in [4.69, 9.17) is 14.2 Å². The van der Waals surface area contributed by atoms with Gasteiger partial charge < -0.3 is 19.5 Å². The molecule has 0 saturated carbocycles. The molecule has 110 valence electrons. The summed E-state index contributed by atoms with van der Waals surface area (Å²) in [6.07, 6.45) is 1.41.